The summed E-state index contributed by atoms with van der Waals surface area (Å²) in [6.07, 6.45) is -2.64. The van der Waals surface area contributed by atoms with Crippen LogP contribution >= 0.6 is 11.6 Å². The molecule has 2 amide bonds. The van der Waals surface area contributed by atoms with Gasteiger partial charge in [-0.1, -0.05) is 43.6 Å². The van der Waals surface area contributed by atoms with E-state index in [2.05, 4.69) is 10.3 Å². The van der Waals surface area contributed by atoms with E-state index in [1.165, 1.54) is 38.2 Å². The molecule has 2 atom stereocenters. The smallest absolute Gasteiger partial charge is 0.356 e. The number of carbonyl (C=O) groups excluding carboxylic acids is 4. The number of rotatable bonds is 12. The van der Waals surface area contributed by atoms with Gasteiger partial charge in [0.15, 0.2) is 17.2 Å². The van der Waals surface area contributed by atoms with Crippen LogP contribution in [0.4, 0.5) is 11.5 Å². The Kier molecular flexibility index (Phi) is 11.4. The summed E-state index contributed by atoms with van der Waals surface area (Å²) >= 11 is 6.51. The van der Waals surface area contributed by atoms with E-state index < -0.39 is 47.8 Å². The number of esters is 2. The average Bonchev–Trinajstić information content (AvgIpc) is 3.13. The van der Waals surface area contributed by atoms with Gasteiger partial charge in [-0.2, -0.15) is 0 Å². The molecule has 1 aliphatic rings. The van der Waals surface area contributed by atoms with Crippen molar-refractivity contribution in [3.05, 3.63) is 76.4 Å². The molecular formula is C34H38ClN3O9. The standard InChI is InChI=1S/C34H38ClN3O9/c1-7-45-33(42)24-11-9-13-28(36-24)37-29(40)17-27-32(41)38(18-34(3,4)19-46-20(2)39)25-15-14-21(35)16-23(25)30(47-27)22-10-8-12-26(43-5)31(22)44-6/h8-16,27,30H,7,17-19H2,1-6H3,(H,36,37,40)/t27-,30-/m1/s1. The second-order valence-corrected chi connectivity index (χ2v) is 12.0. The Hall–Kier alpha value is -4.68. The Morgan fingerprint density at radius 1 is 1.02 bits per heavy atom. The van der Waals surface area contributed by atoms with Crippen LogP contribution in [0.2, 0.25) is 5.02 Å². The number of carbonyl (C=O) groups is 4. The van der Waals surface area contributed by atoms with Gasteiger partial charge in [-0.3, -0.25) is 14.4 Å². The molecule has 1 aliphatic heterocycles. The van der Waals surface area contributed by atoms with E-state index in [1.807, 2.05) is 13.8 Å². The van der Waals surface area contributed by atoms with Crippen molar-refractivity contribution in [2.24, 2.45) is 5.41 Å². The molecule has 2 heterocycles. The number of methoxy groups -OCH3 is 2. The first-order chi connectivity index (χ1) is 22.4. The van der Waals surface area contributed by atoms with Gasteiger partial charge in [0.25, 0.3) is 5.91 Å². The third kappa shape index (κ3) is 8.57. The van der Waals surface area contributed by atoms with E-state index in [0.717, 1.165) is 0 Å². The van der Waals surface area contributed by atoms with Crippen molar-refractivity contribution in [1.29, 1.82) is 0 Å². The molecular weight excluding hydrogens is 630 g/mol. The number of pyridine rings is 1. The van der Waals surface area contributed by atoms with Gasteiger partial charge in [0, 0.05) is 40.7 Å². The third-order valence-corrected chi connectivity index (χ3v) is 7.48. The van der Waals surface area contributed by atoms with Crippen molar-refractivity contribution in [1.82, 2.24) is 4.98 Å². The van der Waals surface area contributed by atoms with E-state index in [1.54, 1.807) is 49.4 Å². The Morgan fingerprint density at radius 2 is 1.77 bits per heavy atom. The highest BCUT2D eigenvalue weighted by atomic mass is 35.5. The molecule has 4 rings (SSSR count). The normalized spacial score (nSPS) is 16.1. The van der Waals surface area contributed by atoms with Crippen LogP contribution in [0.1, 0.15) is 61.8 Å². The monoisotopic (exact) mass is 667 g/mol. The van der Waals surface area contributed by atoms with Crippen molar-refractivity contribution in [3.63, 3.8) is 0 Å². The zero-order valence-corrected chi connectivity index (χ0v) is 27.9. The quantitative estimate of drug-likeness (QED) is 0.251. The number of amides is 2. The van der Waals surface area contributed by atoms with E-state index >= 15 is 0 Å². The van der Waals surface area contributed by atoms with Crippen LogP contribution in [0, 0.1) is 5.41 Å². The minimum absolute atomic E-state index is 0.0186. The van der Waals surface area contributed by atoms with Gasteiger partial charge in [-0.25, -0.2) is 9.78 Å². The number of nitrogens with one attached hydrogen (secondary N) is 1. The SMILES string of the molecule is CCOC(=O)c1cccc(NC(=O)C[C@H]2O[C@H](c3cccc(OC)c3OC)c3cc(Cl)ccc3N(CC(C)(C)COC(C)=O)C2=O)n1. The van der Waals surface area contributed by atoms with Crippen LogP contribution in [0.25, 0.3) is 0 Å². The fourth-order valence-corrected chi connectivity index (χ4v) is 5.36. The average molecular weight is 668 g/mol. The number of para-hydroxylation sites is 1. The van der Waals surface area contributed by atoms with Gasteiger partial charge in [-0.05, 0) is 43.3 Å². The lowest BCUT2D eigenvalue weighted by molar-refractivity contribution is -0.144. The number of ether oxygens (including phenoxy) is 5. The fraction of sp³-hybridized carbons (Fsp3) is 0.382. The summed E-state index contributed by atoms with van der Waals surface area (Å²) < 4.78 is 28.1. The molecule has 0 unspecified atom stereocenters. The van der Waals surface area contributed by atoms with Gasteiger partial charge < -0.3 is 33.9 Å². The van der Waals surface area contributed by atoms with E-state index in [-0.39, 0.29) is 31.3 Å². The second kappa shape index (κ2) is 15.3. The molecule has 0 bridgehead atoms. The van der Waals surface area contributed by atoms with E-state index in [4.69, 9.17) is 35.3 Å². The molecule has 250 valence electrons. The summed E-state index contributed by atoms with van der Waals surface area (Å²) in [5, 5.41) is 3.05. The molecule has 0 saturated carbocycles. The van der Waals surface area contributed by atoms with Crippen LogP contribution in [0.5, 0.6) is 11.5 Å². The van der Waals surface area contributed by atoms with Crippen molar-refractivity contribution in [2.45, 2.75) is 46.3 Å². The maximum Gasteiger partial charge on any atom is 0.356 e. The van der Waals surface area contributed by atoms with Crippen molar-refractivity contribution >= 4 is 46.9 Å². The van der Waals surface area contributed by atoms with Crippen molar-refractivity contribution in [3.8, 4) is 11.5 Å². The maximum atomic E-state index is 14.4. The lowest BCUT2D eigenvalue weighted by Gasteiger charge is -2.33. The molecule has 12 nitrogen and oxygen atoms in total. The minimum Gasteiger partial charge on any atom is -0.493 e. The van der Waals surface area contributed by atoms with E-state index in [9.17, 15) is 19.2 Å². The Labute approximate surface area is 278 Å². The summed E-state index contributed by atoms with van der Waals surface area (Å²) in [6, 6.07) is 14.9. The highest BCUT2D eigenvalue weighted by Crippen LogP contribution is 2.45. The van der Waals surface area contributed by atoms with Gasteiger partial charge in [0.2, 0.25) is 5.91 Å². The summed E-state index contributed by atoms with van der Waals surface area (Å²) in [6.45, 7) is 7.02. The number of hydrogen-bond donors (Lipinski definition) is 1. The lowest BCUT2D eigenvalue weighted by Crippen LogP contribution is -2.46. The van der Waals surface area contributed by atoms with E-state index in [0.29, 0.717) is 33.3 Å². The molecule has 0 fully saturated rings. The molecule has 0 saturated heterocycles. The first-order valence-electron chi connectivity index (χ1n) is 14.9. The zero-order chi connectivity index (χ0) is 34.3. The number of halogens is 1. The minimum atomic E-state index is -1.31. The number of fused-ring (bicyclic) bond motifs is 1. The van der Waals surface area contributed by atoms with Gasteiger partial charge in [0.05, 0.1) is 33.9 Å². The zero-order valence-electron chi connectivity index (χ0n) is 27.1. The lowest BCUT2D eigenvalue weighted by atomic mass is 9.92. The number of hydrogen-bond acceptors (Lipinski definition) is 10. The van der Waals surface area contributed by atoms with Gasteiger partial charge in [0.1, 0.15) is 18.0 Å². The molecule has 0 aliphatic carbocycles. The fourth-order valence-electron chi connectivity index (χ4n) is 5.18. The molecule has 3 aromatic rings. The summed E-state index contributed by atoms with van der Waals surface area (Å²) in [5.41, 5.74) is 0.906. The number of aromatic nitrogens is 1. The molecule has 0 radical (unpaired) electrons. The molecule has 1 aromatic heterocycles. The van der Waals surface area contributed by atoms with Crippen LogP contribution in [0.15, 0.2) is 54.6 Å². The predicted molar refractivity (Wildman–Crippen MR) is 174 cm³/mol. The van der Waals surface area contributed by atoms with Crippen LogP contribution in [-0.4, -0.2) is 68.8 Å². The highest BCUT2D eigenvalue weighted by molar-refractivity contribution is 6.30. The Bertz CT molecular complexity index is 1640. The van der Waals surface area contributed by atoms with Crippen LogP contribution in [-0.2, 0) is 28.6 Å². The highest BCUT2D eigenvalue weighted by Gasteiger charge is 2.41. The Morgan fingerprint density at radius 3 is 2.45 bits per heavy atom. The maximum absolute atomic E-state index is 14.4. The summed E-state index contributed by atoms with van der Waals surface area (Å²) in [7, 11) is 3.00. The van der Waals surface area contributed by atoms with Crippen molar-refractivity contribution in [2.75, 3.05) is 44.2 Å². The van der Waals surface area contributed by atoms with Crippen molar-refractivity contribution < 1.29 is 42.9 Å². The molecule has 0 spiro atoms. The molecule has 47 heavy (non-hydrogen) atoms. The van der Waals surface area contributed by atoms with Gasteiger partial charge >= 0.3 is 11.9 Å². The van der Waals surface area contributed by atoms with Crippen LogP contribution in [0.3, 0.4) is 0 Å². The van der Waals surface area contributed by atoms with Gasteiger partial charge in [-0.15, -0.1) is 0 Å². The number of anilines is 2. The second-order valence-electron chi connectivity index (χ2n) is 11.5. The van der Waals surface area contributed by atoms with Crippen LogP contribution < -0.4 is 19.7 Å². The number of benzene rings is 2. The predicted octanol–water partition coefficient (Wildman–Crippen LogP) is 5.37. The first kappa shape index (κ1) is 35.2. The summed E-state index contributed by atoms with van der Waals surface area (Å²) in [5.74, 6) is -1.25. The summed E-state index contributed by atoms with van der Waals surface area (Å²) in [4.78, 5) is 57.4. The Balaban J connectivity index is 1.77. The largest absolute Gasteiger partial charge is 0.493 e. The topological polar surface area (TPSA) is 143 Å². The third-order valence-electron chi connectivity index (χ3n) is 7.24. The molecule has 13 heteroatoms. The first-order valence-corrected chi connectivity index (χ1v) is 15.3. The number of nitrogens with zero attached hydrogens (tertiary/aromatic N) is 2. The molecule has 1 N–H and O–H groups in total. The molecule has 2 aromatic carbocycles.